The van der Waals surface area contributed by atoms with Gasteiger partial charge in [0.2, 0.25) is 5.91 Å². The number of hydrogen-bond donors (Lipinski definition) is 2. The fourth-order valence-electron chi connectivity index (χ4n) is 6.36. The van der Waals surface area contributed by atoms with Crippen LogP contribution in [0.1, 0.15) is 42.3 Å². The lowest BCUT2D eigenvalue weighted by Gasteiger charge is -2.28. The Hall–Kier alpha value is -3.56. The summed E-state index contributed by atoms with van der Waals surface area (Å²) < 4.78 is 5.78. The number of para-hydroxylation sites is 1. The van der Waals surface area contributed by atoms with Gasteiger partial charge >= 0.3 is 5.97 Å². The van der Waals surface area contributed by atoms with E-state index in [2.05, 4.69) is 16.3 Å². The quantitative estimate of drug-likeness (QED) is 0.354. The van der Waals surface area contributed by atoms with E-state index in [1.54, 1.807) is 4.90 Å². The van der Waals surface area contributed by atoms with Crippen molar-refractivity contribution in [1.29, 1.82) is 0 Å². The lowest BCUT2D eigenvalue weighted by atomic mass is 9.97. The highest BCUT2D eigenvalue weighted by molar-refractivity contribution is 6.31. The van der Waals surface area contributed by atoms with E-state index in [-0.39, 0.29) is 17.7 Å². The van der Waals surface area contributed by atoms with Crippen molar-refractivity contribution in [3.8, 4) is 0 Å². The number of carbonyl (C=O) groups is 3. The number of aliphatic carboxylic acids is 1. The van der Waals surface area contributed by atoms with E-state index in [0.29, 0.717) is 43.5 Å². The molecule has 3 fully saturated rings. The van der Waals surface area contributed by atoms with Gasteiger partial charge in [-0.3, -0.25) is 14.4 Å². The molecule has 2 aromatic carbocycles. The Kier molecular flexibility index (Phi) is 9.93. The van der Waals surface area contributed by atoms with Gasteiger partial charge in [0.1, 0.15) is 5.58 Å². The number of amides is 2. The molecule has 2 atom stereocenters. The molecule has 3 aliphatic heterocycles. The third-order valence-corrected chi connectivity index (χ3v) is 9.33. The Morgan fingerprint density at radius 2 is 1.67 bits per heavy atom. The summed E-state index contributed by atoms with van der Waals surface area (Å²) in [5, 5.41) is 13.9. The number of carboxylic acids is 1. The maximum Gasteiger partial charge on any atom is 0.306 e. The molecule has 0 aliphatic carbocycles. The minimum absolute atomic E-state index is 0.0260. The van der Waals surface area contributed by atoms with Crippen LogP contribution in [0.4, 0.5) is 5.69 Å². The lowest BCUT2D eigenvalue weighted by Crippen LogP contribution is -2.38. The molecule has 10 heteroatoms. The predicted octanol–water partition coefficient (Wildman–Crippen LogP) is 5.23. The molecule has 3 aliphatic rings. The third-order valence-electron chi connectivity index (χ3n) is 8.93. The number of halogens is 1. The largest absolute Gasteiger partial charge is 0.481 e. The zero-order valence-corrected chi connectivity index (χ0v) is 25.7. The first kappa shape index (κ1) is 30.9. The molecule has 2 unspecified atom stereocenters. The van der Waals surface area contributed by atoms with Crippen LogP contribution in [0.3, 0.4) is 0 Å². The van der Waals surface area contributed by atoms with E-state index < -0.39 is 5.97 Å². The van der Waals surface area contributed by atoms with Gasteiger partial charge in [-0.15, -0.1) is 0 Å². The summed E-state index contributed by atoms with van der Waals surface area (Å²) in [4.78, 5) is 40.5. The molecule has 230 valence electrons. The van der Waals surface area contributed by atoms with Crippen LogP contribution in [0.15, 0.2) is 52.9 Å². The predicted molar refractivity (Wildman–Crippen MR) is 167 cm³/mol. The van der Waals surface area contributed by atoms with E-state index in [1.807, 2.05) is 54.3 Å². The summed E-state index contributed by atoms with van der Waals surface area (Å²) in [6.45, 7) is 10.5. The van der Waals surface area contributed by atoms with Gasteiger partial charge < -0.3 is 29.5 Å². The van der Waals surface area contributed by atoms with Crippen LogP contribution in [0, 0.1) is 24.7 Å². The molecule has 2 amide bonds. The van der Waals surface area contributed by atoms with Gasteiger partial charge in [0.05, 0.1) is 5.92 Å². The van der Waals surface area contributed by atoms with Gasteiger partial charge in [0.15, 0.2) is 5.76 Å². The molecule has 6 rings (SSSR count). The zero-order chi connectivity index (χ0) is 30.5. The lowest BCUT2D eigenvalue weighted by molar-refractivity contribution is -0.145. The Bertz CT molecular complexity index is 1380. The Morgan fingerprint density at radius 3 is 2.30 bits per heavy atom. The monoisotopic (exact) mass is 608 g/mol. The van der Waals surface area contributed by atoms with Crippen LogP contribution in [0.2, 0.25) is 5.02 Å². The van der Waals surface area contributed by atoms with Gasteiger partial charge in [0, 0.05) is 68.8 Å². The van der Waals surface area contributed by atoms with Gasteiger partial charge in [-0.05, 0) is 74.4 Å². The Labute approximate surface area is 257 Å². The number of anilines is 1. The van der Waals surface area contributed by atoms with Crippen molar-refractivity contribution in [2.45, 2.75) is 33.1 Å². The summed E-state index contributed by atoms with van der Waals surface area (Å²) >= 11 is 6.20. The van der Waals surface area contributed by atoms with Crippen molar-refractivity contribution >= 4 is 46.0 Å². The minimum atomic E-state index is -0.738. The molecule has 43 heavy (non-hydrogen) atoms. The first-order valence-corrected chi connectivity index (χ1v) is 15.5. The van der Waals surface area contributed by atoms with Crippen LogP contribution < -0.4 is 5.32 Å². The molecule has 2 N–H and O–H groups in total. The second-order valence-electron chi connectivity index (χ2n) is 12.0. The average molecular weight is 609 g/mol. The van der Waals surface area contributed by atoms with Crippen LogP contribution in [0.5, 0.6) is 0 Å². The second kappa shape index (κ2) is 13.8. The average Bonchev–Trinajstić information content (AvgIpc) is 3.70. The number of likely N-dealkylation sites (tertiary alicyclic amines) is 3. The molecule has 0 bridgehead atoms. The molecule has 9 nitrogen and oxygen atoms in total. The van der Waals surface area contributed by atoms with E-state index in [0.717, 1.165) is 72.9 Å². The van der Waals surface area contributed by atoms with Gasteiger partial charge in [-0.2, -0.15) is 0 Å². The molecular weight excluding hydrogens is 568 g/mol. The normalized spacial score (nSPS) is 20.5. The maximum absolute atomic E-state index is 12.9. The Balaban J connectivity index is 0.000000259. The maximum atomic E-state index is 12.9. The number of rotatable bonds is 7. The van der Waals surface area contributed by atoms with Gasteiger partial charge in [-0.1, -0.05) is 35.9 Å². The van der Waals surface area contributed by atoms with Crippen LogP contribution in [-0.2, 0) is 9.59 Å². The summed E-state index contributed by atoms with van der Waals surface area (Å²) in [5.41, 5.74) is 2.95. The molecule has 3 saturated heterocycles. The van der Waals surface area contributed by atoms with E-state index in [9.17, 15) is 14.4 Å². The van der Waals surface area contributed by atoms with E-state index in [4.69, 9.17) is 21.1 Å². The molecule has 4 heterocycles. The number of nitrogens with zero attached hydrogens (tertiary/aromatic N) is 3. The van der Waals surface area contributed by atoms with Crippen molar-refractivity contribution in [3.63, 3.8) is 0 Å². The first-order valence-electron chi connectivity index (χ1n) is 15.2. The number of hydrogen-bond acceptors (Lipinski definition) is 6. The third kappa shape index (κ3) is 7.70. The number of piperidine rings is 1. The van der Waals surface area contributed by atoms with Crippen LogP contribution >= 0.6 is 11.6 Å². The van der Waals surface area contributed by atoms with Crippen LogP contribution in [0.25, 0.3) is 11.0 Å². The van der Waals surface area contributed by atoms with Crippen molar-refractivity contribution < 1.29 is 23.9 Å². The molecule has 1 aromatic heterocycles. The number of furan rings is 1. The van der Waals surface area contributed by atoms with E-state index in [1.165, 1.54) is 6.92 Å². The summed E-state index contributed by atoms with van der Waals surface area (Å²) in [6.07, 6.45) is 2.27. The summed E-state index contributed by atoms with van der Waals surface area (Å²) in [5.74, 6) is 0.672. The molecule has 0 radical (unpaired) electrons. The minimum Gasteiger partial charge on any atom is -0.481 e. The highest BCUT2D eigenvalue weighted by atomic mass is 35.5. The first-order chi connectivity index (χ1) is 20.7. The van der Waals surface area contributed by atoms with Crippen molar-refractivity contribution in [3.05, 3.63) is 64.9 Å². The fraction of sp³-hybridized carbons (Fsp3) is 0.485. The SMILES string of the molecule is CC(=O)N1CCC(C(=O)O)CC1.Cc1ccc(NCCCN2CC3CN(C(=O)c4cc5ccccc5o4)CC3C2)cc1Cl. The highest BCUT2D eigenvalue weighted by Crippen LogP contribution is 2.32. The highest BCUT2D eigenvalue weighted by Gasteiger charge is 2.42. The summed E-state index contributed by atoms with van der Waals surface area (Å²) in [6, 6.07) is 15.8. The standard InChI is InChI=1S/C25H28ClN3O2.C8H13NO3/c1-17-7-8-21(12-22(17)26)27-9-4-10-28-13-19-15-29(16-20(19)14-28)25(30)24-11-18-5-2-3-6-23(18)31-24;1-6(10)9-4-2-7(3-5-9)8(11)12/h2-3,5-8,11-12,19-20,27H,4,9-10,13-16H2,1H3;7H,2-5H2,1H3,(H,11,12). The molecular formula is C33H41ClN4O5. The number of aryl methyl sites for hydroxylation is 1. The van der Waals surface area contributed by atoms with Gasteiger partial charge in [0.25, 0.3) is 5.91 Å². The second-order valence-corrected chi connectivity index (χ2v) is 12.4. The molecule has 0 saturated carbocycles. The van der Waals surface area contributed by atoms with Crippen LogP contribution in [-0.4, -0.2) is 89.9 Å². The number of benzene rings is 2. The number of nitrogens with one attached hydrogen (secondary N) is 1. The Morgan fingerprint density at radius 1 is 0.977 bits per heavy atom. The topological polar surface area (TPSA) is 106 Å². The van der Waals surface area contributed by atoms with E-state index >= 15 is 0 Å². The fourth-order valence-corrected chi connectivity index (χ4v) is 6.54. The smallest absolute Gasteiger partial charge is 0.306 e. The number of carbonyl (C=O) groups excluding carboxylic acids is 2. The number of fused-ring (bicyclic) bond motifs is 2. The van der Waals surface area contributed by atoms with Crippen molar-refractivity contribution in [2.24, 2.45) is 17.8 Å². The molecule has 0 spiro atoms. The molecule has 3 aromatic rings. The van der Waals surface area contributed by atoms with Gasteiger partial charge in [-0.25, -0.2) is 0 Å². The number of carboxylic acid groups (broad SMARTS) is 1. The zero-order valence-electron chi connectivity index (χ0n) is 24.9. The summed E-state index contributed by atoms with van der Waals surface area (Å²) in [7, 11) is 0. The van der Waals surface area contributed by atoms with Crippen molar-refractivity contribution in [2.75, 3.05) is 57.7 Å². The van der Waals surface area contributed by atoms with Crippen molar-refractivity contribution in [1.82, 2.24) is 14.7 Å².